The van der Waals surface area contributed by atoms with Crippen molar-refractivity contribution in [1.82, 2.24) is 5.32 Å². The number of hydrogen-bond acceptors (Lipinski definition) is 7. The fourth-order valence-electron chi connectivity index (χ4n) is 3.91. The van der Waals surface area contributed by atoms with Gasteiger partial charge in [0.2, 0.25) is 17.1 Å². The minimum atomic E-state index is -0.524. The van der Waals surface area contributed by atoms with Gasteiger partial charge in [-0.3, -0.25) is 14.4 Å². The predicted molar refractivity (Wildman–Crippen MR) is 114 cm³/mol. The number of carbonyl (C=O) groups excluding carboxylic acids is 2. The molecule has 1 aliphatic rings. The van der Waals surface area contributed by atoms with Crippen LogP contribution in [0.4, 0.5) is 0 Å². The summed E-state index contributed by atoms with van der Waals surface area (Å²) in [5, 5.41) is 2.93. The third-order valence-corrected chi connectivity index (χ3v) is 5.14. The van der Waals surface area contributed by atoms with Crippen molar-refractivity contribution in [3.8, 4) is 34.1 Å². The third-order valence-electron chi connectivity index (χ3n) is 5.14. The number of hydrogen-bond donors (Lipinski definition) is 1. The molecule has 8 heteroatoms. The first-order chi connectivity index (χ1) is 14.8. The summed E-state index contributed by atoms with van der Waals surface area (Å²) in [7, 11) is 4.37. The Hall–Kier alpha value is -3.55. The maximum atomic E-state index is 12.7. The van der Waals surface area contributed by atoms with Gasteiger partial charge in [0, 0.05) is 19.4 Å². The highest BCUT2D eigenvalue weighted by Crippen LogP contribution is 2.50. The number of aryl methyl sites for hydroxylation is 1. The van der Waals surface area contributed by atoms with Gasteiger partial charge in [-0.2, -0.15) is 0 Å². The summed E-state index contributed by atoms with van der Waals surface area (Å²) >= 11 is 0. The fraction of sp³-hybridized carbons (Fsp3) is 0.348. The summed E-state index contributed by atoms with van der Waals surface area (Å²) in [6.45, 7) is 2.72. The molecule has 0 heterocycles. The average molecular weight is 427 g/mol. The lowest BCUT2D eigenvalue weighted by Crippen LogP contribution is -2.26. The number of ether oxygens (including phenoxy) is 4. The smallest absolute Gasteiger partial charge is 0.308 e. The molecule has 0 aromatic heterocycles. The molecule has 2 aromatic carbocycles. The number of fused-ring (bicyclic) bond motifs is 3. The minimum Gasteiger partial charge on any atom is -0.493 e. The van der Waals surface area contributed by atoms with E-state index in [9.17, 15) is 14.4 Å². The van der Waals surface area contributed by atoms with Gasteiger partial charge in [0.15, 0.2) is 17.2 Å². The topological polar surface area (TPSA) is 100 Å². The van der Waals surface area contributed by atoms with Gasteiger partial charge in [-0.15, -0.1) is 0 Å². The standard InChI is InChI=1S/C23H25NO7/c1-12(25)24-17-8-6-14-10-20(29-4)22(31-13(2)26)23(30-5)21(14)15-7-9-19(28-3)18(27)11-16(15)17/h7,9-11,17H,6,8H2,1-5H3,(H,24,25). The van der Waals surface area contributed by atoms with Crippen LogP contribution in [-0.4, -0.2) is 33.2 Å². The van der Waals surface area contributed by atoms with E-state index in [4.69, 9.17) is 18.9 Å². The maximum Gasteiger partial charge on any atom is 0.308 e. The molecular weight excluding hydrogens is 402 g/mol. The second-order valence-electron chi connectivity index (χ2n) is 7.14. The van der Waals surface area contributed by atoms with Crippen molar-refractivity contribution < 1.29 is 28.5 Å². The van der Waals surface area contributed by atoms with E-state index in [0.29, 0.717) is 41.0 Å². The van der Waals surface area contributed by atoms with Gasteiger partial charge in [-0.05, 0) is 47.7 Å². The van der Waals surface area contributed by atoms with Gasteiger partial charge in [-0.25, -0.2) is 0 Å². The Morgan fingerprint density at radius 3 is 2.26 bits per heavy atom. The number of nitrogens with one attached hydrogen (secondary N) is 1. The van der Waals surface area contributed by atoms with Crippen LogP contribution < -0.4 is 29.7 Å². The van der Waals surface area contributed by atoms with E-state index in [0.717, 1.165) is 5.56 Å². The Balaban J connectivity index is 2.42. The molecule has 2 aromatic rings. The van der Waals surface area contributed by atoms with Crippen molar-refractivity contribution in [3.05, 3.63) is 45.6 Å². The van der Waals surface area contributed by atoms with Crippen LogP contribution in [0.25, 0.3) is 11.1 Å². The fourth-order valence-corrected chi connectivity index (χ4v) is 3.91. The Morgan fingerprint density at radius 1 is 0.968 bits per heavy atom. The van der Waals surface area contributed by atoms with Crippen molar-refractivity contribution in [2.75, 3.05) is 21.3 Å². The van der Waals surface area contributed by atoms with Gasteiger partial charge in [0.05, 0.1) is 27.4 Å². The van der Waals surface area contributed by atoms with E-state index in [1.807, 2.05) is 0 Å². The van der Waals surface area contributed by atoms with Crippen molar-refractivity contribution in [2.24, 2.45) is 0 Å². The molecule has 3 rings (SSSR count). The van der Waals surface area contributed by atoms with Crippen LogP contribution in [0.3, 0.4) is 0 Å². The van der Waals surface area contributed by atoms with Crippen LogP contribution in [-0.2, 0) is 16.0 Å². The zero-order valence-electron chi connectivity index (χ0n) is 18.2. The summed E-state index contributed by atoms with van der Waals surface area (Å²) < 4.78 is 21.8. The maximum absolute atomic E-state index is 12.7. The lowest BCUT2D eigenvalue weighted by molar-refractivity contribution is -0.132. The lowest BCUT2D eigenvalue weighted by Gasteiger charge is -2.19. The van der Waals surface area contributed by atoms with Crippen LogP contribution >= 0.6 is 0 Å². The predicted octanol–water partition coefficient (Wildman–Crippen LogP) is 2.79. The van der Waals surface area contributed by atoms with E-state index in [1.54, 1.807) is 18.2 Å². The molecule has 0 fully saturated rings. The van der Waals surface area contributed by atoms with Crippen LogP contribution in [0, 0.1) is 0 Å². The van der Waals surface area contributed by atoms with E-state index in [1.165, 1.54) is 41.2 Å². The summed E-state index contributed by atoms with van der Waals surface area (Å²) in [5.41, 5.74) is 2.52. The molecule has 0 saturated heterocycles. The number of benzene rings is 1. The molecule has 1 amide bonds. The molecule has 1 unspecified atom stereocenters. The van der Waals surface area contributed by atoms with E-state index < -0.39 is 12.0 Å². The Kier molecular flexibility index (Phi) is 6.48. The monoisotopic (exact) mass is 427 g/mol. The zero-order chi connectivity index (χ0) is 22.7. The first-order valence-electron chi connectivity index (χ1n) is 9.76. The Morgan fingerprint density at radius 2 is 1.68 bits per heavy atom. The summed E-state index contributed by atoms with van der Waals surface area (Å²) in [4.78, 5) is 36.3. The molecule has 0 bridgehead atoms. The van der Waals surface area contributed by atoms with Crippen molar-refractivity contribution in [3.63, 3.8) is 0 Å². The first kappa shape index (κ1) is 22.1. The van der Waals surface area contributed by atoms with Gasteiger partial charge in [-0.1, -0.05) is 6.07 Å². The molecule has 0 aliphatic heterocycles. The number of rotatable bonds is 5. The van der Waals surface area contributed by atoms with Gasteiger partial charge in [0.25, 0.3) is 0 Å². The highest BCUT2D eigenvalue weighted by atomic mass is 16.6. The largest absolute Gasteiger partial charge is 0.493 e. The molecule has 164 valence electrons. The number of esters is 1. The highest BCUT2D eigenvalue weighted by molar-refractivity contribution is 5.85. The number of carbonyl (C=O) groups is 2. The molecule has 1 N–H and O–H groups in total. The van der Waals surface area contributed by atoms with Crippen LogP contribution in [0.5, 0.6) is 23.0 Å². The minimum absolute atomic E-state index is 0.154. The van der Waals surface area contributed by atoms with Gasteiger partial charge >= 0.3 is 5.97 Å². The summed E-state index contributed by atoms with van der Waals surface area (Å²) in [5.74, 6) is 0.256. The molecule has 0 radical (unpaired) electrons. The van der Waals surface area contributed by atoms with Crippen LogP contribution in [0.15, 0.2) is 29.1 Å². The molecular formula is C23H25NO7. The van der Waals surface area contributed by atoms with Crippen LogP contribution in [0.1, 0.15) is 37.4 Å². The quantitative estimate of drug-likeness (QED) is 0.578. The Bertz CT molecular complexity index is 1090. The molecule has 31 heavy (non-hydrogen) atoms. The third kappa shape index (κ3) is 4.33. The normalized spacial score (nSPS) is 14.4. The second-order valence-corrected chi connectivity index (χ2v) is 7.14. The van der Waals surface area contributed by atoms with E-state index >= 15 is 0 Å². The van der Waals surface area contributed by atoms with Crippen molar-refractivity contribution in [2.45, 2.75) is 32.7 Å². The highest BCUT2D eigenvalue weighted by Gasteiger charge is 2.30. The number of amides is 1. The lowest BCUT2D eigenvalue weighted by atomic mass is 9.95. The average Bonchev–Trinajstić information content (AvgIpc) is 2.96. The molecule has 0 saturated carbocycles. The summed E-state index contributed by atoms with van der Waals surface area (Å²) in [6.07, 6.45) is 1.11. The Labute approximate surface area is 180 Å². The SMILES string of the molecule is COc1cc2c(c(OC)c1OC(C)=O)-c1ccc(OC)c(=O)cc1C(NC(C)=O)CC2. The van der Waals surface area contributed by atoms with E-state index in [2.05, 4.69) is 5.32 Å². The van der Waals surface area contributed by atoms with Gasteiger partial charge < -0.3 is 24.3 Å². The first-order valence-corrected chi connectivity index (χ1v) is 9.76. The number of methoxy groups -OCH3 is 3. The van der Waals surface area contributed by atoms with Crippen molar-refractivity contribution in [1.29, 1.82) is 0 Å². The summed E-state index contributed by atoms with van der Waals surface area (Å²) in [6, 6.07) is 6.19. The van der Waals surface area contributed by atoms with Crippen LogP contribution in [0.2, 0.25) is 0 Å². The molecule has 8 nitrogen and oxygen atoms in total. The zero-order valence-corrected chi connectivity index (χ0v) is 18.2. The van der Waals surface area contributed by atoms with Crippen molar-refractivity contribution >= 4 is 11.9 Å². The second kappa shape index (κ2) is 9.07. The molecule has 1 aliphatic carbocycles. The molecule has 0 spiro atoms. The molecule has 1 atom stereocenters. The van der Waals surface area contributed by atoms with Gasteiger partial charge in [0.1, 0.15) is 0 Å². The van der Waals surface area contributed by atoms with E-state index in [-0.39, 0.29) is 22.8 Å².